The van der Waals surface area contributed by atoms with E-state index in [1.165, 1.54) is 18.4 Å². The van der Waals surface area contributed by atoms with E-state index >= 15 is 0 Å². The van der Waals surface area contributed by atoms with Crippen LogP contribution >= 0.6 is 12.2 Å². The first-order valence-electron chi connectivity index (χ1n) is 11.6. The Morgan fingerprint density at radius 3 is 2.81 bits per heavy atom. The number of ether oxygens (including phenoxy) is 1. The van der Waals surface area contributed by atoms with Crippen molar-refractivity contribution in [1.82, 2.24) is 19.8 Å². The molecule has 0 radical (unpaired) electrons. The number of allylic oxidation sites excluding steroid dienone is 2. The molecule has 4 rings (SSSR count). The Bertz CT molecular complexity index is 1100. The monoisotopic (exact) mass is 456 g/mol. The van der Waals surface area contributed by atoms with Gasteiger partial charge >= 0.3 is 0 Å². The van der Waals surface area contributed by atoms with Crippen LogP contribution in [0.4, 0.5) is 0 Å². The van der Waals surface area contributed by atoms with E-state index in [1.54, 1.807) is 22.8 Å². The number of hydrogen-bond donors (Lipinski definition) is 2. The largest absolute Gasteiger partial charge is 0.379 e. The number of H-pyrrole nitrogens is 1. The Kier molecular flexibility index (Phi) is 7.89. The number of nitrogens with zero attached hydrogens (tertiary/aromatic N) is 2. The van der Waals surface area contributed by atoms with Gasteiger partial charge in [0.1, 0.15) is 0 Å². The Labute approximate surface area is 193 Å². The second-order valence-electron chi connectivity index (χ2n) is 8.57. The van der Waals surface area contributed by atoms with Crippen LogP contribution in [0.25, 0.3) is 10.9 Å². The molecule has 1 aliphatic carbocycles. The van der Waals surface area contributed by atoms with Gasteiger partial charge < -0.3 is 15.0 Å². The third-order valence-corrected chi connectivity index (χ3v) is 6.65. The van der Waals surface area contributed by atoms with Crippen molar-refractivity contribution < 1.29 is 9.53 Å². The highest BCUT2D eigenvalue weighted by Crippen LogP contribution is 2.20. The summed E-state index contributed by atoms with van der Waals surface area (Å²) in [4.78, 5) is 31.1. The molecular formula is C24H32N4O3S. The second-order valence-corrected chi connectivity index (χ2v) is 8.96. The molecule has 2 N–H and O–H groups in total. The molecule has 0 saturated carbocycles. The molecule has 2 aliphatic rings. The lowest BCUT2D eigenvalue weighted by molar-refractivity contribution is 0.0374. The summed E-state index contributed by atoms with van der Waals surface area (Å²) in [5.41, 5.74) is 2.45. The van der Waals surface area contributed by atoms with Crippen LogP contribution in [0.1, 0.15) is 48.9 Å². The lowest BCUT2D eigenvalue weighted by Gasteiger charge is -2.26. The van der Waals surface area contributed by atoms with Crippen molar-refractivity contribution in [3.63, 3.8) is 0 Å². The molecule has 1 aromatic heterocycles. The standard InChI is InChI=1S/C24H32N4O3S/c29-22(25-10-4-11-27-13-15-31-16-14-27)19-7-8-20-21(17-19)26-24(32)28(23(20)30)12-9-18-5-2-1-3-6-18/h5,7-8,17H,1-4,6,9-16H2,(H,25,29)(H,26,32). The van der Waals surface area contributed by atoms with Gasteiger partial charge in [-0.25, -0.2) is 0 Å². The summed E-state index contributed by atoms with van der Waals surface area (Å²) in [6.07, 6.45) is 8.77. The Hall–Kier alpha value is -2.29. The molecule has 1 fully saturated rings. The SMILES string of the molecule is O=C(NCCCN1CCOCC1)c1ccc2c(=O)n(CCC3=CCCCC3)c(=S)[nH]c2c1. The Morgan fingerprint density at radius 1 is 1.19 bits per heavy atom. The zero-order valence-corrected chi connectivity index (χ0v) is 19.3. The molecule has 1 amide bonds. The molecule has 0 spiro atoms. The highest BCUT2D eigenvalue weighted by molar-refractivity contribution is 7.71. The summed E-state index contributed by atoms with van der Waals surface area (Å²) in [5.74, 6) is -0.137. The number of morpholine rings is 1. The van der Waals surface area contributed by atoms with Crippen LogP contribution in [0.5, 0.6) is 0 Å². The molecule has 0 atom stereocenters. The maximum atomic E-state index is 13.0. The van der Waals surface area contributed by atoms with Crippen LogP contribution < -0.4 is 10.9 Å². The van der Waals surface area contributed by atoms with Crippen molar-refractivity contribution >= 4 is 29.0 Å². The van der Waals surface area contributed by atoms with Gasteiger partial charge in [0.05, 0.1) is 24.1 Å². The zero-order valence-electron chi connectivity index (χ0n) is 18.5. The number of aromatic nitrogens is 2. The third-order valence-electron chi connectivity index (χ3n) is 6.33. The lowest BCUT2D eigenvalue weighted by Crippen LogP contribution is -2.38. The van der Waals surface area contributed by atoms with E-state index in [4.69, 9.17) is 17.0 Å². The summed E-state index contributed by atoms with van der Waals surface area (Å²) >= 11 is 5.46. The van der Waals surface area contributed by atoms with Crippen molar-refractivity contribution in [2.75, 3.05) is 39.4 Å². The number of rotatable bonds is 8. The van der Waals surface area contributed by atoms with E-state index in [2.05, 4.69) is 21.3 Å². The number of hydrogen-bond acceptors (Lipinski definition) is 5. The van der Waals surface area contributed by atoms with Gasteiger partial charge in [0, 0.05) is 31.7 Å². The van der Waals surface area contributed by atoms with Gasteiger partial charge in [-0.3, -0.25) is 19.1 Å². The predicted octanol–water partition coefficient (Wildman–Crippen LogP) is 3.40. The van der Waals surface area contributed by atoms with Crippen molar-refractivity contribution in [3.8, 4) is 0 Å². The quantitative estimate of drug-likeness (QED) is 0.362. The number of nitrogens with one attached hydrogen (secondary N) is 2. The maximum Gasteiger partial charge on any atom is 0.262 e. The number of amides is 1. The lowest BCUT2D eigenvalue weighted by atomic mass is 9.97. The summed E-state index contributed by atoms with van der Waals surface area (Å²) < 4.78 is 7.40. The average molecular weight is 457 g/mol. The first-order valence-corrected chi connectivity index (χ1v) is 12.1. The molecule has 2 aromatic rings. The highest BCUT2D eigenvalue weighted by Gasteiger charge is 2.13. The molecule has 1 saturated heterocycles. The average Bonchev–Trinajstić information content (AvgIpc) is 2.82. The van der Waals surface area contributed by atoms with E-state index < -0.39 is 0 Å². The van der Waals surface area contributed by atoms with Gasteiger partial charge in [-0.15, -0.1) is 0 Å². The van der Waals surface area contributed by atoms with Gasteiger partial charge in [0.25, 0.3) is 11.5 Å². The zero-order chi connectivity index (χ0) is 22.3. The number of carbonyl (C=O) groups excluding carboxylic acids is 1. The minimum absolute atomic E-state index is 0.0994. The van der Waals surface area contributed by atoms with Crippen molar-refractivity contribution in [2.45, 2.75) is 45.1 Å². The number of carbonyl (C=O) groups is 1. The van der Waals surface area contributed by atoms with E-state index in [0.29, 0.717) is 34.3 Å². The summed E-state index contributed by atoms with van der Waals surface area (Å²) in [5, 5.41) is 3.53. The van der Waals surface area contributed by atoms with Crippen LogP contribution in [0, 0.1) is 4.77 Å². The minimum Gasteiger partial charge on any atom is -0.379 e. The summed E-state index contributed by atoms with van der Waals surface area (Å²) in [7, 11) is 0. The molecular weight excluding hydrogens is 424 g/mol. The molecule has 0 unspecified atom stereocenters. The number of fused-ring (bicyclic) bond motifs is 1. The van der Waals surface area contributed by atoms with E-state index in [1.807, 2.05) is 0 Å². The predicted molar refractivity (Wildman–Crippen MR) is 129 cm³/mol. The molecule has 1 aromatic carbocycles. The van der Waals surface area contributed by atoms with Gasteiger partial charge in [0.15, 0.2) is 4.77 Å². The normalized spacial score (nSPS) is 17.3. The first-order chi connectivity index (χ1) is 15.6. The van der Waals surface area contributed by atoms with E-state index in [9.17, 15) is 9.59 Å². The third kappa shape index (κ3) is 5.74. The van der Waals surface area contributed by atoms with Crippen LogP contribution in [0.15, 0.2) is 34.6 Å². The molecule has 1 aliphatic heterocycles. The molecule has 2 heterocycles. The van der Waals surface area contributed by atoms with Gasteiger partial charge in [-0.1, -0.05) is 11.6 Å². The fourth-order valence-corrected chi connectivity index (χ4v) is 4.70. The molecule has 32 heavy (non-hydrogen) atoms. The molecule has 0 bridgehead atoms. The number of aromatic amines is 1. The van der Waals surface area contributed by atoms with Crippen molar-refractivity contribution in [2.24, 2.45) is 0 Å². The van der Waals surface area contributed by atoms with Crippen molar-refractivity contribution in [3.05, 3.63) is 50.5 Å². The van der Waals surface area contributed by atoms with E-state index in [-0.39, 0.29) is 11.5 Å². The Balaban J connectivity index is 1.38. The Morgan fingerprint density at radius 2 is 2.03 bits per heavy atom. The van der Waals surface area contributed by atoms with Crippen LogP contribution in [0.2, 0.25) is 0 Å². The van der Waals surface area contributed by atoms with Crippen molar-refractivity contribution in [1.29, 1.82) is 0 Å². The van der Waals surface area contributed by atoms with E-state index in [0.717, 1.165) is 58.5 Å². The summed E-state index contributed by atoms with van der Waals surface area (Å²) in [6, 6.07) is 5.16. The molecule has 7 nitrogen and oxygen atoms in total. The second kappa shape index (κ2) is 11.0. The van der Waals surface area contributed by atoms with Crippen LogP contribution in [0.3, 0.4) is 0 Å². The first kappa shape index (κ1) is 22.9. The maximum absolute atomic E-state index is 13.0. The molecule has 8 heteroatoms. The van der Waals surface area contributed by atoms with Crippen LogP contribution in [-0.4, -0.2) is 59.8 Å². The van der Waals surface area contributed by atoms with Gasteiger partial charge in [0.2, 0.25) is 0 Å². The topological polar surface area (TPSA) is 79.4 Å². The number of benzene rings is 1. The minimum atomic E-state index is -0.137. The van der Waals surface area contributed by atoms with Gasteiger partial charge in [-0.2, -0.15) is 0 Å². The smallest absolute Gasteiger partial charge is 0.262 e. The fraction of sp³-hybridized carbons (Fsp3) is 0.542. The van der Waals surface area contributed by atoms with Crippen LogP contribution in [-0.2, 0) is 11.3 Å². The fourth-order valence-electron chi connectivity index (χ4n) is 4.42. The summed E-state index contributed by atoms with van der Waals surface area (Å²) in [6.45, 7) is 5.61. The molecule has 172 valence electrons. The highest BCUT2D eigenvalue weighted by atomic mass is 32.1. The van der Waals surface area contributed by atoms with Gasteiger partial charge in [-0.05, 0) is 75.5 Å².